The van der Waals surface area contributed by atoms with Crippen LogP contribution in [0.15, 0.2) is 0 Å². The van der Waals surface area contributed by atoms with Gasteiger partial charge in [-0.15, -0.1) is 11.8 Å². The molecule has 13 heavy (non-hydrogen) atoms. The van der Waals surface area contributed by atoms with Gasteiger partial charge in [-0.1, -0.05) is 6.42 Å². The Hall–Kier alpha value is -0.710. The van der Waals surface area contributed by atoms with Crippen LogP contribution in [0.5, 0.6) is 0 Å². The molecule has 0 aromatic rings. The number of carbonyl (C=O) groups excluding carboxylic acids is 1. The van der Waals surface area contributed by atoms with E-state index in [2.05, 4.69) is 5.32 Å². The van der Waals surface area contributed by atoms with Crippen LogP contribution in [0, 0.1) is 0 Å². The molecule has 0 saturated carbocycles. The summed E-state index contributed by atoms with van der Waals surface area (Å²) < 4.78 is 0. The minimum Gasteiger partial charge on any atom is -0.481 e. The van der Waals surface area contributed by atoms with E-state index in [-0.39, 0.29) is 16.9 Å². The van der Waals surface area contributed by atoms with Crippen molar-refractivity contribution in [2.45, 2.75) is 24.5 Å². The van der Waals surface area contributed by atoms with Gasteiger partial charge in [-0.3, -0.25) is 9.59 Å². The molecule has 0 aromatic carbocycles. The van der Waals surface area contributed by atoms with Gasteiger partial charge in [0.2, 0.25) is 5.91 Å². The Balaban J connectivity index is 2.36. The Kier molecular flexibility index (Phi) is 4.08. The van der Waals surface area contributed by atoms with E-state index >= 15 is 0 Å². The summed E-state index contributed by atoms with van der Waals surface area (Å²) in [6, 6.07) is 0. The first-order valence-electron chi connectivity index (χ1n) is 4.31. The molecular formula is C8H13NO3S. The number of carboxylic acids is 1. The van der Waals surface area contributed by atoms with Gasteiger partial charge in [0.05, 0.1) is 11.0 Å². The van der Waals surface area contributed by atoms with Crippen molar-refractivity contribution < 1.29 is 14.7 Å². The quantitative estimate of drug-likeness (QED) is 0.700. The van der Waals surface area contributed by atoms with E-state index in [1.165, 1.54) is 11.8 Å². The fourth-order valence-corrected chi connectivity index (χ4v) is 2.15. The predicted molar refractivity (Wildman–Crippen MR) is 50.7 cm³/mol. The summed E-state index contributed by atoms with van der Waals surface area (Å²) in [5.41, 5.74) is 0. The second-order valence-electron chi connectivity index (χ2n) is 2.98. The maximum absolute atomic E-state index is 11.3. The summed E-state index contributed by atoms with van der Waals surface area (Å²) in [5.74, 6) is -0.858. The molecule has 1 amide bonds. The van der Waals surface area contributed by atoms with Crippen LogP contribution in [0.1, 0.15) is 19.3 Å². The van der Waals surface area contributed by atoms with E-state index in [1.54, 1.807) is 0 Å². The van der Waals surface area contributed by atoms with Crippen molar-refractivity contribution in [3.8, 4) is 0 Å². The van der Waals surface area contributed by atoms with Crippen LogP contribution in [0.3, 0.4) is 0 Å². The third-order valence-electron chi connectivity index (χ3n) is 1.89. The zero-order chi connectivity index (χ0) is 9.68. The minimum atomic E-state index is -0.859. The highest BCUT2D eigenvalue weighted by Crippen LogP contribution is 2.19. The van der Waals surface area contributed by atoms with Crippen LogP contribution < -0.4 is 5.32 Å². The second-order valence-corrected chi connectivity index (χ2v) is 4.17. The van der Waals surface area contributed by atoms with Crippen molar-refractivity contribution in [1.82, 2.24) is 5.32 Å². The molecule has 1 fully saturated rings. The number of aliphatic carboxylic acids is 1. The first kappa shape index (κ1) is 10.4. The highest BCUT2D eigenvalue weighted by atomic mass is 32.2. The Labute approximate surface area is 81.1 Å². The summed E-state index contributed by atoms with van der Waals surface area (Å²) in [6.45, 7) is 0.725. The summed E-state index contributed by atoms with van der Waals surface area (Å²) in [5, 5.41) is 11.0. The fraction of sp³-hybridized carbons (Fsp3) is 0.750. The number of hydrogen-bond donors (Lipinski definition) is 2. The molecule has 0 aromatic heterocycles. The van der Waals surface area contributed by atoms with Gasteiger partial charge in [-0.2, -0.15) is 0 Å². The number of nitrogens with one attached hydrogen (secondary N) is 1. The molecule has 0 radical (unpaired) electrons. The van der Waals surface area contributed by atoms with E-state index in [1.807, 2.05) is 0 Å². The van der Waals surface area contributed by atoms with Crippen molar-refractivity contribution in [3.63, 3.8) is 0 Å². The van der Waals surface area contributed by atoms with Gasteiger partial charge in [-0.05, 0) is 12.8 Å². The van der Waals surface area contributed by atoms with Crippen molar-refractivity contribution in [2.24, 2.45) is 0 Å². The molecule has 0 spiro atoms. The molecule has 1 heterocycles. The van der Waals surface area contributed by atoms with E-state index in [0.717, 1.165) is 25.8 Å². The van der Waals surface area contributed by atoms with Gasteiger partial charge in [0.15, 0.2) is 0 Å². The first-order chi connectivity index (χ1) is 6.20. The lowest BCUT2D eigenvalue weighted by Gasteiger charge is -2.10. The Morgan fingerprint density at radius 3 is 3.08 bits per heavy atom. The molecule has 74 valence electrons. The van der Waals surface area contributed by atoms with Gasteiger partial charge >= 0.3 is 5.97 Å². The lowest BCUT2D eigenvalue weighted by molar-refractivity contribution is -0.133. The third kappa shape index (κ3) is 3.67. The Morgan fingerprint density at radius 1 is 1.62 bits per heavy atom. The smallest absolute Gasteiger partial charge is 0.313 e. The molecule has 4 nitrogen and oxygen atoms in total. The van der Waals surface area contributed by atoms with Crippen LogP contribution in [0.25, 0.3) is 0 Å². The number of carbonyl (C=O) groups is 2. The van der Waals surface area contributed by atoms with Gasteiger partial charge in [-0.25, -0.2) is 0 Å². The van der Waals surface area contributed by atoms with Crippen molar-refractivity contribution in [3.05, 3.63) is 0 Å². The lowest BCUT2D eigenvalue weighted by atomic mass is 10.2. The normalized spacial score (nSPS) is 23.4. The summed E-state index contributed by atoms with van der Waals surface area (Å²) >= 11 is 1.22. The van der Waals surface area contributed by atoms with Crippen LogP contribution in [0.4, 0.5) is 0 Å². The maximum Gasteiger partial charge on any atom is 0.313 e. The summed E-state index contributed by atoms with van der Waals surface area (Å²) in [7, 11) is 0. The first-order valence-corrected chi connectivity index (χ1v) is 5.36. The number of thioether (sulfide) groups is 1. The Morgan fingerprint density at radius 2 is 2.38 bits per heavy atom. The van der Waals surface area contributed by atoms with E-state index in [0.29, 0.717) is 0 Å². The number of carboxylic acid groups (broad SMARTS) is 1. The molecule has 2 N–H and O–H groups in total. The van der Waals surface area contributed by atoms with Gasteiger partial charge in [0.1, 0.15) is 0 Å². The predicted octanol–water partition coefficient (Wildman–Crippen LogP) is 0.473. The van der Waals surface area contributed by atoms with Crippen molar-refractivity contribution >= 4 is 23.6 Å². The number of rotatable bonds is 3. The molecule has 0 aliphatic carbocycles. The lowest BCUT2D eigenvalue weighted by Crippen LogP contribution is -2.31. The summed E-state index contributed by atoms with van der Waals surface area (Å²) in [6.07, 6.45) is 2.79. The van der Waals surface area contributed by atoms with Crippen LogP contribution >= 0.6 is 11.8 Å². The average Bonchev–Trinajstić information content (AvgIpc) is 2.27. The number of hydrogen-bond acceptors (Lipinski definition) is 3. The van der Waals surface area contributed by atoms with Crippen molar-refractivity contribution in [2.75, 3.05) is 12.3 Å². The van der Waals surface area contributed by atoms with Gasteiger partial charge in [0, 0.05) is 6.54 Å². The standard InChI is InChI=1S/C8H13NO3S/c10-7(11)5-13-6-3-1-2-4-9-8(6)12/h6H,1-5H2,(H,9,12)(H,10,11). The molecule has 1 aliphatic rings. The van der Waals surface area contributed by atoms with Crippen LogP contribution in [0.2, 0.25) is 0 Å². The fourth-order valence-electron chi connectivity index (χ4n) is 1.24. The monoisotopic (exact) mass is 203 g/mol. The largest absolute Gasteiger partial charge is 0.481 e. The summed E-state index contributed by atoms with van der Waals surface area (Å²) in [4.78, 5) is 21.6. The average molecular weight is 203 g/mol. The molecule has 1 unspecified atom stereocenters. The molecule has 1 atom stereocenters. The molecule has 1 aliphatic heterocycles. The highest BCUT2D eigenvalue weighted by Gasteiger charge is 2.21. The molecule has 0 bridgehead atoms. The molecule has 5 heteroatoms. The molecule has 1 saturated heterocycles. The zero-order valence-electron chi connectivity index (χ0n) is 7.28. The molecule has 1 rings (SSSR count). The van der Waals surface area contributed by atoms with Gasteiger partial charge < -0.3 is 10.4 Å². The molecular weight excluding hydrogens is 190 g/mol. The zero-order valence-corrected chi connectivity index (χ0v) is 8.10. The minimum absolute atomic E-state index is 0.0104. The maximum atomic E-state index is 11.3. The van der Waals surface area contributed by atoms with E-state index in [4.69, 9.17) is 5.11 Å². The van der Waals surface area contributed by atoms with Crippen LogP contribution in [-0.2, 0) is 9.59 Å². The van der Waals surface area contributed by atoms with Gasteiger partial charge in [0.25, 0.3) is 0 Å². The second kappa shape index (κ2) is 5.11. The van der Waals surface area contributed by atoms with Crippen LogP contribution in [-0.4, -0.2) is 34.5 Å². The topological polar surface area (TPSA) is 66.4 Å². The third-order valence-corrected chi connectivity index (χ3v) is 3.16. The van der Waals surface area contributed by atoms with Crippen molar-refractivity contribution in [1.29, 1.82) is 0 Å². The SMILES string of the molecule is O=C(O)CSC1CCCCNC1=O. The van der Waals surface area contributed by atoms with E-state index < -0.39 is 5.97 Å². The van der Waals surface area contributed by atoms with E-state index in [9.17, 15) is 9.59 Å². The highest BCUT2D eigenvalue weighted by molar-refractivity contribution is 8.01. The number of amides is 1. The Bertz CT molecular complexity index is 208.